The second-order valence-corrected chi connectivity index (χ2v) is 7.32. The van der Waals surface area contributed by atoms with E-state index in [1.807, 2.05) is 0 Å². The Morgan fingerprint density at radius 3 is 2.32 bits per heavy atom. The molecule has 0 amide bonds. The van der Waals surface area contributed by atoms with Gasteiger partial charge in [-0.1, -0.05) is 54.6 Å². The van der Waals surface area contributed by atoms with Gasteiger partial charge < -0.3 is 4.90 Å². The lowest BCUT2D eigenvalue weighted by atomic mass is 9.91. The molecule has 1 nitrogen and oxygen atoms in total. The predicted molar refractivity (Wildman–Crippen MR) is 106 cm³/mol. The van der Waals surface area contributed by atoms with Gasteiger partial charge in [0.15, 0.2) is 0 Å². The van der Waals surface area contributed by atoms with Crippen LogP contribution in [0.1, 0.15) is 29.5 Å². The average Bonchev–Trinajstić information content (AvgIpc) is 3.31. The van der Waals surface area contributed by atoms with E-state index in [9.17, 15) is 0 Å². The van der Waals surface area contributed by atoms with Gasteiger partial charge in [0.2, 0.25) is 0 Å². The molecule has 1 aliphatic heterocycles. The van der Waals surface area contributed by atoms with Crippen molar-refractivity contribution in [3.05, 3.63) is 77.4 Å². The lowest BCUT2D eigenvalue weighted by Crippen LogP contribution is -2.19. The Bertz CT molecular complexity index is 934. The maximum atomic E-state index is 2.59. The zero-order valence-corrected chi connectivity index (χ0v) is 14.8. The summed E-state index contributed by atoms with van der Waals surface area (Å²) >= 11 is 0. The molecule has 0 saturated carbocycles. The van der Waals surface area contributed by atoms with Crippen molar-refractivity contribution in [3.8, 4) is 22.3 Å². The van der Waals surface area contributed by atoms with Crippen LogP contribution in [-0.4, -0.2) is 13.1 Å². The summed E-state index contributed by atoms with van der Waals surface area (Å²) in [6.07, 6.45) is 3.68. The van der Waals surface area contributed by atoms with Crippen LogP contribution in [0.5, 0.6) is 0 Å². The van der Waals surface area contributed by atoms with Crippen molar-refractivity contribution in [2.24, 2.45) is 0 Å². The summed E-state index contributed by atoms with van der Waals surface area (Å²) in [5.41, 5.74) is 11.6. The first-order valence-corrected chi connectivity index (χ1v) is 9.38. The number of hydrogen-bond acceptors (Lipinski definition) is 1. The lowest BCUT2D eigenvalue weighted by molar-refractivity contribution is 0.949. The monoisotopic (exact) mass is 325 g/mol. The van der Waals surface area contributed by atoms with E-state index >= 15 is 0 Å². The Morgan fingerprint density at radius 2 is 1.52 bits per heavy atom. The molecule has 0 bridgehead atoms. The van der Waals surface area contributed by atoms with Crippen molar-refractivity contribution in [1.29, 1.82) is 0 Å². The zero-order chi connectivity index (χ0) is 16.8. The topological polar surface area (TPSA) is 3.24 Å². The minimum Gasteiger partial charge on any atom is -0.371 e. The molecule has 3 aromatic rings. The van der Waals surface area contributed by atoms with Gasteiger partial charge in [-0.3, -0.25) is 0 Å². The van der Waals surface area contributed by atoms with Crippen molar-refractivity contribution in [2.75, 3.05) is 18.0 Å². The molecule has 1 aliphatic carbocycles. The summed E-state index contributed by atoms with van der Waals surface area (Å²) < 4.78 is 0. The highest BCUT2D eigenvalue weighted by atomic mass is 15.1. The van der Waals surface area contributed by atoms with Gasteiger partial charge in [0.25, 0.3) is 0 Å². The fraction of sp³-hybridized carbons (Fsp3) is 0.250. The summed E-state index contributed by atoms with van der Waals surface area (Å²) in [4.78, 5) is 2.59. The summed E-state index contributed by atoms with van der Waals surface area (Å²) in [5.74, 6) is 0. The van der Waals surface area contributed by atoms with Crippen LogP contribution in [0, 0.1) is 6.92 Å². The second kappa shape index (κ2) is 5.77. The van der Waals surface area contributed by atoms with Crippen LogP contribution in [0.4, 0.5) is 5.69 Å². The van der Waals surface area contributed by atoms with E-state index in [1.54, 1.807) is 0 Å². The van der Waals surface area contributed by atoms with Gasteiger partial charge in [-0.05, 0) is 71.2 Å². The summed E-state index contributed by atoms with van der Waals surface area (Å²) in [5, 5.41) is 0. The number of nitrogens with zero attached hydrogens (tertiary/aromatic N) is 1. The Morgan fingerprint density at radius 1 is 0.800 bits per heavy atom. The SMILES string of the molecule is Cc1c(N2CCCC2)cc(-c2ccccc2)c2c1-c1ccccc1C2. The Kier molecular flexibility index (Phi) is 3.41. The fourth-order valence-electron chi connectivity index (χ4n) is 4.64. The highest BCUT2D eigenvalue weighted by Gasteiger charge is 2.27. The molecule has 0 unspecified atom stereocenters. The second-order valence-electron chi connectivity index (χ2n) is 7.32. The van der Waals surface area contributed by atoms with Gasteiger partial charge in [0, 0.05) is 18.8 Å². The van der Waals surface area contributed by atoms with E-state index in [-0.39, 0.29) is 0 Å². The lowest BCUT2D eigenvalue weighted by Gasteiger charge is -2.24. The number of benzene rings is 3. The van der Waals surface area contributed by atoms with Gasteiger partial charge in [-0.2, -0.15) is 0 Å². The Hall–Kier alpha value is -2.54. The normalized spacial score (nSPS) is 15.3. The van der Waals surface area contributed by atoms with Gasteiger partial charge >= 0.3 is 0 Å². The molecule has 25 heavy (non-hydrogen) atoms. The molecule has 3 aromatic carbocycles. The third-order valence-electron chi connectivity index (χ3n) is 5.85. The van der Waals surface area contributed by atoms with E-state index in [0.29, 0.717) is 0 Å². The van der Waals surface area contributed by atoms with E-state index in [4.69, 9.17) is 0 Å². The fourth-order valence-corrected chi connectivity index (χ4v) is 4.64. The molecule has 0 atom stereocenters. The van der Waals surface area contributed by atoms with Gasteiger partial charge in [0.1, 0.15) is 0 Å². The number of fused-ring (bicyclic) bond motifs is 3. The number of hydrogen-bond donors (Lipinski definition) is 0. The highest BCUT2D eigenvalue weighted by Crippen LogP contribution is 2.47. The highest BCUT2D eigenvalue weighted by molar-refractivity contribution is 5.91. The molecule has 1 saturated heterocycles. The van der Waals surface area contributed by atoms with Crippen molar-refractivity contribution < 1.29 is 0 Å². The minimum absolute atomic E-state index is 1.05. The molecule has 2 aliphatic rings. The maximum absolute atomic E-state index is 2.59. The van der Waals surface area contributed by atoms with Crippen LogP contribution >= 0.6 is 0 Å². The summed E-state index contributed by atoms with van der Waals surface area (Å²) in [7, 11) is 0. The molecule has 1 heterocycles. The molecule has 1 heteroatoms. The van der Waals surface area contributed by atoms with Crippen molar-refractivity contribution >= 4 is 5.69 Å². The van der Waals surface area contributed by atoms with Crippen LogP contribution in [-0.2, 0) is 6.42 Å². The van der Waals surface area contributed by atoms with Gasteiger partial charge in [0.05, 0.1) is 0 Å². The largest absolute Gasteiger partial charge is 0.371 e. The van der Waals surface area contributed by atoms with Crippen LogP contribution in [0.3, 0.4) is 0 Å². The quantitative estimate of drug-likeness (QED) is 0.448. The first kappa shape index (κ1) is 14.8. The number of anilines is 1. The van der Waals surface area contributed by atoms with Gasteiger partial charge in [-0.25, -0.2) is 0 Å². The molecule has 1 fully saturated rings. The zero-order valence-electron chi connectivity index (χ0n) is 14.8. The van der Waals surface area contributed by atoms with E-state index in [2.05, 4.69) is 72.5 Å². The molecule has 0 N–H and O–H groups in total. The average molecular weight is 325 g/mol. The van der Waals surface area contributed by atoms with Crippen LogP contribution < -0.4 is 4.90 Å². The Labute approximate surface area is 149 Å². The number of rotatable bonds is 2. The van der Waals surface area contributed by atoms with E-state index < -0.39 is 0 Å². The predicted octanol–water partition coefficient (Wildman–Crippen LogP) is 5.83. The van der Waals surface area contributed by atoms with E-state index in [0.717, 1.165) is 6.42 Å². The van der Waals surface area contributed by atoms with Crippen LogP contribution in [0.2, 0.25) is 0 Å². The molecule has 0 aromatic heterocycles. The van der Waals surface area contributed by atoms with E-state index in [1.165, 1.54) is 70.6 Å². The Balaban J connectivity index is 1.79. The summed E-state index contributed by atoms with van der Waals surface area (Å²) in [6, 6.07) is 22.3. The van der Waals surface area contributed by atoms with Crippen LogP contribution in [0.15, 0.2) is 60.7 Å². The maximum Gasteiger partial charge on any atom is 0.0408 e. The first-order valence-electron chi connectivity index (χ1n) is 9.38. The van der Waals surface area contributed by atoms with Gasteiger partial charge in [-0.15, -0.1) is 0 Å². The third-order valence-corrected chi connectivity index (χ3v) is 5.85. The van der Waals surface area contributed by atoms with Crippen molar-refractivity contribution in [1.82, 2.24) is 0 Å². The standard InChI is InChI=1S/C24H23N/c1-17-23(25-13-7-8-14-25)16-21(18-9-3-2-4-10-18)22-15-19-11-5-6-12-20(19)24(17)22/h2-6,9-12,16H,7-8,13-15H2,1H3. The molecule has 0 radical (unpaired) electrons. The third kappa shape index (κ3) is 2.30. The molecular formula is C24H23N. The molecular weight excluding hydrogens is 302 g/mol. The molecule has 0 spiro atoms. The first-order chi connectivity index (χ1) is 12.3. The smallest absolute Gasteiger partial charge is 0.0408 e. The molecule has 124 valence electrons. The molecule has 5 rings (SSSR count). The van der Waals surface area contributed by atoms with Crippen molar-refractivity contribution in [3.63, 3.8) is 0 Å². The van der Waals surface area contributed by atoms with Crippen LogP contribution in [0.25, 0.3) is 22.3 Å². The van der Waals surface area contributed by atoms with Crippen molar-refractivity contribution in [2.45, 2.75) is 26.2 Å². The summed E-state index contributed by atoms with van der Waals surface area (Å²) in [6.45, 7) is 4.70. The minimum atomic E-state index is 1.05.